The third-order valence-electron chi connectivity index (χ3n) is 6.12. The van der Waals surface area contributed by atoms with Gasteiger partial charge in [0, 0.05) is 17.9 Å². The Morgan fingerprint density at radius 1 is 1.12 bits per heavy atom. The highest BCUT2D eigenvalue weighted by molar-refractivity contribution is 6.54. The molecular weight excluding hydrogens is 418 g/mol. The monoisotopic (exact) mass is 445 g/mol. The van der Waals surface area contributed by atoms with Crippen molar-refractivity contribution in [1.82, 2.24) is 5.43 Å². The molecule has 1 aliphatic carbocycles. The Labute approximate surface area is 192 Å². The van der Waals surface area contributed by atoms with Crippen LogP contribution < -0.4 is 10.7 Å². The first-order valence-corrected chi connectivity index (χ1v) is 11.0. The van der Waals surface area contributed by atoms with Gasteiger partial charge in [0.25, 0.3) is 5.91 Å². The highest BCUT2D eigenvalue weighted by Crippen LogP contribution is 2.28. The smallest absolute Gasteiger partial charge is 0.303 e. The molecule has 1 aliphatic heterocycles. The largest absolute Gasteiger partial charge is 0.481 e. The maximum atomic E-state index is 12.5. The summed E-state index contributed by atoms with van der Waals surface area (Å²) in [6.45, 7) is 2.08. The first-order valence-electron chi connectivity index (χ1n) is 11.0. The van der Waals surface area contributed by atoms with Crippen LogP contribution in [0.15, 0.2) is 71.5 Å². The van der Waals surface area contributed by atoms with Gasteiger partial charge in [-0.3, -0.25) is 15.0 Å². The van der Waals surface area contributed by atoms with E-state index in [1.165, 1.54) is 11.1 Å². The molecule has 0 saturated heterocycles. The van der Waals surface area contributed by atoms with Gasteiger partial charge >= 0.3 is 5.97 Å². The number of nitrogens with one attached hydrogen (secondary N) is 2. The van der Waals surface area contributed by atoms with E-state index in [-0.39, 0.29) is 24.0 Å². The number of aliphatic hydroxyl groups is 1. The number of rotatable bonds is 8. The van der Waals surface area contributed by atoms with Crippen LogP contribution in [0.5, 0.6) is 0 Å². The summed E-state index contributed by atoms with van der Waals surface area (Å²) >= 11 is 0. The Hall–Kier alpha value is -3.71. The number of benzene rings is 2. The van der Waals surface area contributed by atoms with E-state index in [9.17, 15) is 14.7 Å². The Kier molecular flexibility index (Phi) is 6.70. The minimum absolute atomic E-state index is 0.0391. The van der Waals surface area contributed by atoms with Gasteiger partial charge in [0.1, 0.15) is 6.10 Å². The Morgan fingerprint density at radius 3 is 2.70 bits per heavy atom. The van der Waals surface area contributed by atoms with Gasteiger partial charge in [-0.25, -0.2) is 0 Å². The van der Waals surface area contributed by atoms with Crippen molar-refractivity contribution < 1.29 is 19.8 Å². The number of hydrogen-bond acceptors (Lipinski definition) is 5. The maximum absolute atomic E-state index is 12.5. The number of carboxylic acids is 1. The molecule has 0 fully saturated rings. The van der Waals surface area contributed by atoms with E-state index < -0.39 is 12.1 Å². The molecule has 2 aromatic carbocycles. The number of aryl methyl sites for hydroxylation is 3. The molecule has 170 valence electrons. The van der Waals surface area contributed by atoms with Crippen molar-refractivity contribution in [1.29, 1.82) is 0 Å². The van der Waals surface area contributed by atoms with Crippen molar-refractivity contribution >= 4 is 23.3 Å². The summed E-state index contributed by atoms with van der Waals surface area (Å²) in [5, 5.41) is 27.0. The number of amides is 1. The van der Waals surface area contributed by atoms with E-state index in [2.05, 4.69) is 34.9 Å². The number of hydrogen-bond donors (Lipinski definition) is 4. The van der Waals surface area contributed by atoms with E-state index in [1.807, 2.05) is 24.3 Å². The quantitative estimate of drug-likeness (QED) is 0.466. The van der Waals surface area contributed by atoms with Gasteiger partial charge < -0.3 is 15.5 Å². The van der Waals surface area contributed by atoms with Gasteiger partial charge in [0.05, 0.1) is 11.4 Å². The molecule has 0 saturated carbocycles. The number of fused-ring (bicyclic) bond motifs is 1. The minimum atomic E-state index is -0.902. The van der Waals surface area contributed by atoms with Crippen LogP contribution in [0.2, 0.25) is 0 Å². The van der Waals surface area contributed by atoms with Gasteiger partial charge in [0.2, 0.25) is 0 Å². The highest BCUT2D eigenvalue weighted by atomic mass is 16.4. The summed E-state index contributed by atoms with van der Waals surface area (Å²) < 4.78 is 0. The summed E-state index contributed by atoms with van der Waals surface area (Å²) in [5.74, 6) is -1.34. The van der Waals surface area contributed by atoms with Gasteiger partial charge in [0.15, 0.2) is 5.71 Å². The molecule has 1 amide bonds. The molecule has 2 aliphatic rings. The second-order valence-corrected chi connectivity index (χ2v) is 8.34. The van der Waals surface area contributed by atoms with Crippen LogP contribution in [0.1, 0.15) is 35.1 Å². The van der Waals surface area contributed by atoms with Crippen molar-refractivity contribution in [2.45, 2.75) is 38.7 Å². The van der Waals surface area contributed by atoms with E-state index in [0.717, 1.165) is 18.4 Å². The third-order valence-corrected chi connectivity index (χ3v) is 6.12. The number of anilines is 1. The summed E-state index contributed by atoms with van der Waals surface area (Å²) in [6, 6.07) is 13.6. The van der Waals surface area contributed by atoms with Crippen LogP contribution in [0.4, 0.5) is 5.69 Å². The Morgan fingerprint density at radius 2 is 1.91 bits per heavy atom. The zero-order chi connectivity index (χ0) is 23.4. The number of aliphatic carboxylic acids is 1. The second-order valence-electron chi connectivity index (χ2n) is 8.34. The number of carbonyl (C=O) groups is 2. The van der Waals surface area contributed by atoms with Crippen LogP contribution in [0.25, 0.3) is 0 Å². The fourth-order valence-electron chi connectivity index (χ4n) is 4.26. The number of nitrogens with zero attached hydrogens (tertiary/aromatic N) is 1. The van der Waals surface area contributed by atoms with Crippen LogP contribution in [0, 0.1) is 12.8 Å². The van der Waals surface area contributed by atoms with Crippen molar-refractivity contribution in [2.75, 3.05) is 5.32 Å². The van der Waals surface area contributed by atoms with E-state index in [1.54, 1.807) is 24.3 Å². The van der Waals surface area contributed by atoms with E-state index in [0.29, 0.717) is 23.4 Å². The third kappa shape index (κ3) is 5.04. The van der Waals surface area contributed by atoms with Crippen molar-refractivity contribution in [2.24, 2.45) is 11.0 Å². The summed E-state index contributed by atoms with van der Waals surface area (Å²) in [4.78, 5) is 23.6. The fourth-order valence-corrected chi connectivity index (χ4v) is 4.26. The zero-order valence-corrected chi connectivity index (χ0v) is 18.4. The molecule has 0 radical (unpaired) electrons. The highest BCUT2D eigenvalue weighted by Gasteiger charge is 2.30. The summed E-state index contributed by atoms with van der Waals surface area (Å²) in [7, 11) is 0. The van der Waals surface area contributed by atoms with Crippen LogP contribution in [0.3, 0.4) is 0 Å². The number of allylic oxidation sites excluding steroid dienone is 2. The van der Waals surface area contributed by atoms with Crippen LogP contribution >= 0.6 is 0 Å². The lowest BCUT2D eigenvalue weighted by Crippen LogP contribution is -2.31. The number of carbonyl (C=O) groups excluding carboxylic acids is 1. The topological polar surface area (TPSA) is 111 Å². The molecule has 0 bridgehead atoms. The van der Waals surface area contributed by atoms with Crippen molar-refractivity contribution in [3.05, 3.63) is 88.6 Å². The van der Waals surface area contributed by atoms with Gasteiger partial charge in [-0.2, -0.15) is 5.10 Å². The second kappa shape index (κ2) is 9.83. The molecule has 2 aromatic rings. The Bertz CT molecular complexity index is 1170. The van der Waals surface area contributed by atoms with E-state index in [4.69, 9.17) is 5.11 Å². The minimum Gasteiger partial charge on any atom is -0.481 e. The molecule has 2 atom stereocenters. The predicted molar refractivity (Wildman–Crippen MR) is 127 cm³/mol. The molecule has 33 heavy (non-hydrogen) atoms. The number of hydrazone groups is 1. The molecule has 7 nitrogen and oxygen atoms in total. The normalized spacial score (nSPS) is 20.4. The maximum Gasteiger partial charge on any atom is 0.303 e. The lowest BCUT2D eigenvalue weighted by Gasteiger charge is -2.25. The van der Waals surface area contributed by atoms with Crippen LogP contribution in [-0.2, 0) is 22.4 Å². The standard InChI is InChI=1S/C26H27N3O4/c1-16-6-2-3-7-17(16)12-13-19-9-5-11-21(25(19)32)28-29-24-23-18(14-15-22(30)31)8-4-10-20(23)27-26(24)33/h2-11,19,25,28,32H,12-15H2,1H3,(H,30,31)(H,27,29,33). The molecular formula is C26H27N3O4. The Balaban J connectivity index is 1.47. The lowest BCUT2D eigenvalue weighted by molar-refractivity contribution is -0.137. The molecule has 1 heterocycles. The van der Waals surface area contributed by atoms with Crippen molar-refractivity contribution in [3.63, 3.8) is 0 Å². The first-order chi connectivity index (χ1) is 15.9. The zero-order valence-electron chi connectivity index (χ0n) is 18.4. The lowest BCUT2D eigenvalue weighted by atomic mass is 9.88. The first kappa shape index (κ1) is 22.5. The van der Waals surface area contributed by atoms with Gasteiger partial charge in [-0.1, -0.05) is 48.6 Å². The van der Waals surface area contributed by atoms with E-state index >= 15 is 0 Å². The van der Waals surface area contributed by atoms with Gasteiger partial charge in [-0.15, -0.1) is 0 Å². The number of aliphatic hydroxyl groups excluding tert-OH is 1. The molecule has 7 heteroatoms. The molecule has 0 aromatic heterocycles. The molecule has 4 rings (SSSR count). The summed E-state index contributed by atoms with van der Waals surface area (Å²) in [5.41, 5.74) is 8.04. The fraction of sp³-hybridized carbons (Fsp3) is 0.269. The molecule has 4 N–H and O–H groups in total. The predicted octanol–water partition coefficient (Wildman–Crippen LogP) is 3.32. The summed E-state index contributed by atoms with van der Waals surface area (Å²) in [6.07, 6.45) is 6.74. The number of carboxylic acid groups (broad SMARTS) is 1. The van der Waals surface area contributed by atoms with Crippen LogP contribution in [-0.4, -0.2) is 33.9 Å². The van der Waals surface area contributed by atoms with Crippen molar-refractivity contribution in [3.8, 4) is 0 Å². The van der Waals surface area contributed by atoms with Gasteiger partial charge in [-0.05, 0) is 55.0 Å². The molecule has 0 spiro atoms. The SMILES string of the molecule is Cc1ccccc1CCC1C=CC=C(NN=C2C(=O)Nc3cccc(CCC(=O)O)c32)C1O. The average molecular weight is 446 g/mol. The average Bonchev–Trinajstić information content (AvgIpc) is 3.12. The molecule has 2 unspecified atom stereocenters.